The van der Waals surface area contributed by atoms with E-state index in [1.165, 1.54) is 24.0 Å². The summed E-state index contributed by atoms with van der Waals surface area (Å²) < 4.78 is 22.4. The lowest BCUT2D eigenvalue weighted by Crippen LogP contribution is -2.44. The Morgan fingerprint density at radius 1 is 1.43 bits per heavy atom. The minimum atomic E-state index is -4.82. The lowest BCUT2D eigenvalue weighted by Gasteiger charge is -2.27. The fraction of sp³-hybridized carbons (Fsp3) is 0.400. The van der Waals surface area contributed by atoms with Crippen LogP contribution < -0.4 is 10.8 Å². The maximum Gasteiger partial charge on any atom is 0.469 e. The second-order valence-corrected chi connectivity index (χ2v) is 8.25. The summed E-state index contributed by atoms with van der Waals surface area (Å²) in [5, 5.41) is 33.7. The summed E-state index contributed by atoms with van der Waals surface area (Å²) in [6, 6.07) is 0. The van der Waals surface area contributed by atoms with Crippen molar-refractivity contribution in [3.05, 3.63) is 24.2 Å². The van der Waals surface area contributed by atoms with Gasteiger partial charge in [0.2, 0.25) is 0 Å². The zero-order valence-corrected chi connectivity index (χ0v) is 16.2. The number of phosphoric acid groups is 1. The number of carbonyl (C=O) groups excluding carboxylic acids is 1. The van der Waals surface area contributed by atoms with Crippen LogP contribution in [0.3, 0.4) is 0 Å². The van der Waals surface area contributed by atoms with E-state index in [0.29, 0.717) is 10.9 Å². The minimum Gasteiger partial charge on any atom is -0.387 e. The van der Waals surface area contributed by atoms with E-state index in [1.807, 2.05) is 5.48 Å². The van der Waals surface area contributed by atoms with Gasteiger partial charge in [-0.25, -0.2) is 14.5 Å². The van der Waals surface area contributed by atoms with Crippen molar-refractivity contribution in [2.75, 3.05) is 11.9 Å². The number of aromatic nitrogens is 3. The predicted octanol–water partition coefficient (Wildman–Crippen LogP) is -1.18. The van der Waals surface area contributed by atoms with Crippen molar-refractivity contribution in [2.45, 2.75) is 31.0 Å². The van der Waals surface area contributed by atoms with Gasteiger partial charge in [-0.2, -0.15) is 0 Å². The molecule has 1 amide bonds. The van der Waals surface area contributed by atoms with E-state index in [0.717, 1.165) is 6.08 Å². The van der Waals surface area contributed by atoms with Crippen molar-refractivity contribution in [1.29, 1.82) is 0 Å². The van der Waals surface area contributed by atoms with Gasteiger partial charge in [0.25, 0.3) is 5.91 Å². The van der Waals surface area contributed by atoms with Crippen molar-refractivity contribution in [2.24, 2.45) is 0 Å². The van der Waals surface area contributed by atoms with Crippen molar-refractivity contribution in [3.63, 3.8) is 0 Å². The minimum absolute atomic E-state index is 0.0318. The molecule has 4 rings (SSSR count). The number of rotatable bonds is 5. The molecule has 162 valence electrons. The molecule has 0 aliphatic carbocycles. The Balaban J connectivity index is 1.80. The standard InChI is InChI=1S/C15H18N5O9P/c1-15(23)11(22)8(4-28-30(25,26)27)29-14(15)20-3-6-7(19-24)2-9(21)18-12-10(6)13(20)17-5-16-12/h2-3,5,8,11,14,19,22-24H,4H2,1H3,(H2,25,26,27)(H,16,17,18,21)/t8-,11-,14-,15-/m1/s1. The quantitative estimate of drug-likeness (QED) is 0.215. The van der Waals surface area contributed by atoms with E-state index >= 15 is 0 Å². The van der Waals surface area contributed by atoms with Crippen LogP contribution in [0.4, 0.5) is 5.82 Å². The summed E-state index contributed by atoms with van der Waals surface area (Å²) in [5.41, 5.74) is 0.554. The number of anilines is 1. The number of aliphatic hydroxyl groups is 2. The number of hydrogen-bond acceptors (Lipinski definition) is 10. The smallest absolute Gasteiger partial charge is 0.387 e. The number of nitrogens with one attached hydrogen (secondary N) is 2. The molecule has 2 aliphatic rings. The molecule has 15 heteroatoms. The fourth-order valence-corrected chi connectivity index (χ4v) is 3.91. The van der Waals surface area contributed by atoms with Gasteiger partial charge in [0.05, 0.1) is 17.7 Å². The molecule has 0 spiro atoms. The predicted molar refractivity (Wildman–Crippen MR) is 97.6 cm³/mol. The molecule has 1 saturated heterocycles. The summed E-state index contributed by atoms with van der Waals surface area (Å²) in [6.07, 6.45) is -0.388. The van der Waals surface area contributed by atoms with E-state index in [4.69, 9.17) is 14.5 Å². The Hall–Kier alpha value is -2.42. The van der Waals surface area contributed by atoms with E-state index in [2.05, 4.69) is 19.8 Å². The van der Waals surface area contributed by atoms with Crippen LogP contribution in [0.15, 0.2) is 18.6 Å². The number of ether oxygens (including phenoxy) is 1. The van der Waals surface area contributed by atoms with Crippen LogP contribution in [-0.4, -0.2) is 70.1 Å². The molecule has 4 heterocycles. The highest BCUT2D eigenvalue weighted by atomic mass is 31.2. The highest BCUT2D eigenvalue weighted by Gasteiger charge is 2.54. The lowest BCUT2D eigenvalue weighted by molar-refractivity contribution is -0.111. The first-order valence-corrected chi connectivity index (χ1v) is 10.1. The number of nitrogens with zero attached hydrogens (tertiary/aromatic N) is 3. The highest BCUT2D eigenvalue weighted by Crippen LogP contribution is 2.44. The maximum atomic E-state index is 12.0. The summed E-state index contributed by atoms with van der Waals surface area (Å²) in [5.74, 6) is -0.386. The first-order chi connectivity index (χ1) is 14.0. The summed E-state index contributed by atoms with van der Waals surface area (Å²) in [7, 11) is -4.82. The van der Waals surface area contributed by atoms with Gasteiger partial charge >= 0.3 is 7.82 Å². The van der Waals surface area contributed by atoms with Crippen LogP contribution in [0.1, 0.15) is 18.7 Å². The monoisotopic (exact) mass is 443 g/mol. The number of aliphatic hydroxyl groups excluding tert-OH is 1. The Morgan fingerprint density at radius 2 is 2.17 bits per heavy atom. The van der Waals surface area contributed by atoms with Gasteiger partial charge < -0.3 is 34.6 Å². The third-order valence-electron chi connectivity index (χ3n) is 4.95. The third-order valence-corrected chi connectivity index (χ3v) is 5.44. The van der Waals surface area contributed by atoms with E-state index < -0.39 is 44.4 Å². The van der Waals surface area contributed by atoms with Crippen molar-refractivity contribution in [3.8, 4) is 0 Å². The van der Waals surface area contributed by atoms with Gasteiger partial charge in [0.15, 0.2) is 6.23 Å². The second-order valence-electron chi connectivity index (χ2n) is 7.01. The zero-order valence-electron chi connectivity index (χ0n) is 15.3. The summed E-state index contributed by atoms with van der Waals surface area (Å²) in [4.78, 5) is 37.9. The number of phosphoric ester groups is 1. The first kappa shape index (κ1) is 20.8. The zero-order chi connectivity index (χ0) is 21.8. The van der Waals surface area contributed by atoms with E-state index in [9.17, 15) is 24.8 Å². The number of hydrogen-bond donors (Lipinski definition) is 7. The molecule has 1 fully saturated rings. The van der Waals surface area contributed by atoms with E-state index in [-0.39, 0.29) is 17.2 Å². The highest BCUT2D eigenvalue weighted by molar-refractivity contribution is 7.46. The van der Waals surface area contributed by atoms with Crippen LogP contribution in [0.25, 0.3) is 16.7 Å². The molecule has 30 heavy (non-hydrogen) atoms. The summed E-state index contributed by atoms with van der Waals surface area (Å²) in [6.45, 7) is 0.603. The van der Waals surface area contributed by atoms with Crippen LogP contribution >= 0.6 is 7.82 Å². The fourth-order valence-electron chi connectivity index (χ4n) is 3.57. The van der Waals surface area contributed by atoms with Gasteiger partial charge in [-0.3, -0.25) is 20.0 Å². The third kappa shape index (κ3) is 3.38. The normalized spacial score (nSPS) is 28.9. The molecule has 2 aromatic heterocycles. The van der Waals surface area contributed by atoms with Crippen LogP contribution in [0.5, 0.6) is 0 Å². The first-order valence-electron chi connectivity index (χ1n) is 8.57. The molecule has 2 aromatic rings. The van der Waals surface area contributed by atoms with Crippen LogP contribution in [0.2, 0.25) is 0 Å². The molecule has 4 atom stereocenters. The van der Waals surface area contributed by atoms with Gasteiger partial charge in [0.1, 0.15) is 35.6 Å². The van der Waals surface area contributed by atoms with E-state index in [1.54, 1.807) is 0 Å². The van der Waals surface area contributed by atoms with Gasteiger partial charge in [-0.05, 0) is 6.92 Å². The summed E-state index contributed by atoms with van der Waals surface area (Å²) >= 11 is 0. The molecule has 0 aromatic carbocycles. The van der Waals surface area contributed by atoms with Crippen molar-refractivity contribution >= 4 is 36.3 Å². The van der Waals surface area contributed by atoms with Gasteiger partial charge in [-0.1, -0.05) is 0 Å². The van der Waals surface area contributed by atoms with Crippen LogP contribution in [0, 0.1) is 0 Å². The molecule has 0 unspecified atom stereocenters. The van der Waals surface area contributed by atoms with Crippen molar-refractivity contribution in [1.82, 2.24) is 20.0 Å². The molecule has 7 N–H and O–H groups in total. The van der Waals surface area contributed by atoms with Gasteiger partial charge in [-0.15, -0.1) is 0 Å². The molecule has 14 nitrogen and oxygen atoms in total. The Kier molecular flexibility index (Phi) is 4.91. The molecule has 2 aliphatic heterocycles. The molecule has 0 saturated carbocycles. The molecule has 0 radical (unpaired) electrons. The van der Waals surface area contributed by atoms with Crippen LogP contribution in [-0.2, 0) is 18.6 Å². The lowest BCUT2D eigenvalue weighted by atomic mass is 9.96. The average molecular weight is 443 g/mol. The Morgan fingerprint density at radius 3 is 2.83 bits per heavy atom. The molecular weight excluding hydrogens is 425 g/mol. The number of carbonyl (C=O) groups is 1. The average Bonchev–Trinajstić information content (AvgIpc) is 3.08. The largest absolute Gasteiger partial charge is 0.469 e. The molecule has 0 bridgehead atoms. The Labute approximate surface area is 168 Å². The second kappa shape index (κ2) is 7.08. The Bertz CT molecular complexity index is 1090. The van der Waals surface area contributed by atoms with Gasteiger partial charge in [0, 0.05) is 17.8 Å². The molecular formula is C15H18N5O9P. The number of amides is 1. The topological polar surface area (TPSA) is 209 Å². The SMILES string of the molecule is C[C@@]1(O)[C@H](O)[C@@H](COP(=O)(O)O)O[C@H]1n1cc2c3c(ncnc31)NC(=O)C=C2NO. The number of hydroxylamine groups is 1. The van der Waals surface area contributed by atoms with Crippen molar-refractivity contribution < 1.29 is 43.8 Å². The maximum absolute atomic E-state index is 12.0.